The van der Waals surface area contributed by atoms with Crippen molar-refractivity contribution < 1.29 is 5.11 Å². The molecule has 1 atom stereocenters. The average molecular weight is 195 g/mol. The number of nitrogens with one attached hydrogen (secondary N) is 1. The van der Waals surface area contributed by atoms with Crippen LogP contribution in [0.4, 0.5) is 0 Å². The number of hydrogen-bond donors (Lipinski definition) is 2. The van der Waals surface area contributed by atoms with Crippen LogP contribution in [0.25, 0.3) is 0 Å². The first-order valence-electron chi connectivity index (χ1n) is 4.35. The van der Waals surface area contributed by atoms with E-state index in [9.17, 15) is 4.91 Å². The third kappa shape index (κ3) is 3.59. The normalized spacial score (nSPS) is 12.4. The molecule has 5 heteroatoms. The van der Waals surface area contributed by atoms with E-state index in [0.29, 0.717) is 6.54 Å². The van der Waals surface area contributed by atoms with Gasteiger partial charge in [-0.3, -0.25) is 4.98 Å². The number of aliphatic hydroxyl groups excluding tert-OH is 1. The molecule has 0 spiro atoms. The molecule has 1 aromatic heterocycles. The van der Waals surface area contributed by atoms with Crippen LogP contribution in [0.5, 0.6) is 0 Å². The Morgan fingerprint density at radius 2 is 2.43 bits per heavy atom. The van der Waals surface area contributed by atoms with Gasteiger partial charge in [-0.1, -0.05) is 6.07 Å². The van der Waals surface area contributed by atoms with Crippen molar-refractivity contribution in [2.45, 2.75) is 19.7 Å². The van der Waals surface area contributed by atoms with Crippen LogP contribution in [0.3, 0.4) is 0 Å². The maximum absolute atomic E-state index is 9.84. The van der Waals surface area contributed by atoms with Crippen molar-refractivity contribution in [1.29, 1.82) is 0 Å². The molecule has 1 unspecified atom stereocenters. The molecule has 1 aromatic rings. The van der Waals surface area contributed by atoms with E-state index in [2.05, 4.69) is 15.5 Å². The first kappa shape index (κ1) is 10.7. The lowest BCUT2D eigenvalue weighted by atomic mass is 10.3. The molecule has 2 N–H and O–H groups in total. The van der Waals surface area contributed by atoms with Gasteiger partial charge < -0.3 is 10.4 Å². The molecule has 0 aliphatic heterocycles. The van der Waals surface area contributed by atoms with Crippen LogP contribution in [0.15, 0.2) is 23.5 Å². The summed E-state index contributed by atoms with van der Waals surface area (Å²) >= 11 is 0. The molecule has 1 rings (SSSR count). The smallest absolute Gasteiger partial charge is 0.199 e. The molecule has 14 heavy (non-hydrogen) atoms. The molecule has 0 fully saturated rings. The van der Waals surface area contributed by atoms with E-state index in [0.717, 1.165) is 11.3 Å². The van der Waals surface area contributed by atoms with E-state index in [1.807, 2.05) is 19.1 Å². The van der Waals surface area contributed by atoms with Crippen molar-refractivity contribution in [3.63, 3.8) is 0 Å². The van der Waals surface area contributed by atoms with Crippen LogP contribution in [0.1, 0.15) is 11.3 Å². The Hall–Kier alpha value is -1.33. The largest absolute Gasteiger partial charge is 0.368 e. The van der Waals surface area contributed by atoms with E-state index in [4.69, 9.17) is 5.11 Å². The molecule has 0 aromatic carbocycles. The molecule has 1 heterocycles. The highest BCUT2D eigenvalue weighted by Gasteiger charge is 2.01. The van der Waals surface area contributed by atoms with Gasteiger partial charge in [-0.2, -0.15) is 0 Å². The second-order valence-corrected chi connectivity index (χ2v) is 3.04. The number of rotatable bonds is 5. The highest BCUT2D eigenvalue weighted by atomic mass is 16.3. The third-order valence-electron chi connectivity index (χ3n) is 1.73. The Bertz CT molecular complexity index is 287. The van der Waals surface area contributed by atoms with E-state index >= 15 is 0 Å². The van der Waals surface area contributed by atoms with Crippen LogP contribution in [0, 0.1) is 11.8 Å². The summed E-state index contributed by atoms with van der Waals surface area (Å²) in [5.74, 6) is 0. The maximum Gasteiger partial charge on any atom is 0.199 e. The third-order valence-corrected chi connectivity index (χ3v) is 1.73. The zero-order valence-electron chi connectivity index (χ0n) is 7.97. The monoisotopic (exact) mass is 195 g/mol. The first-order valence-corrected chi connectivity index (χ1v) is 4.35. The second kappa shape index (κ2) is 5.41. The van der Waals surface area contributed by atoms with Crippen LogP contribution in [-0.4, -0.2) is 22.9 Å². The average Bonchev–Trinajstić information content (AvgIpc) is 2.21. The number of pyridine rings is 1. The Morgan fingerprint density at radius 3 is 3.00 bits per heavy atom. The van der Waals surface area contributed by atoms with Crippen molar-refractivity contribution in [2.75, 3.05) is 6.54 Å². The fourth-order valence-electron chi connectivity index (χ4n) is 0.970. The summed E-state index contributed by atoms with van der Waals surface area (Å²) in [6, 6.07) is 3.85. The van der Waals surface area contributed by atoms with Gasteiger partial charge in [0.05, 0.1) is 5.69 Å². The minimum absolute atomic E-state index is 0.152. The summed E-state index contributed by atoms with van der Waals surface area (Å²) < 4.78 is 0. The van der Waals surface area contributed by atoms with Gasteiger partial charge in [0.15, 0.2) is 6.23 Å². The standard InChI is InChI=1S/C9H13N3O2/c1-7-2-3-8(11-4-7)5-10-6-9(13)12-14/h2-4,9-10,13H,5-6H2,1H3. The quantitative estimate of drug-likeness (QED) is 0.673. The lowest BCUT2D eigenvalue weighted by Gasteiger charge is -2.04. The molecule has 0 radical (unpaired) electrons. The Morgan fingerprint density at radius 1 is 1.64 bits per heavy atom. The summed E-state index contributed by atoms with van der Waals surface area (Å²) in [5, 5.41) is 14.1. The van der Waals surface area contributed by atoms with Gasteiger partial charge in [-0.25, -0.2) is 0 Å². The Kier molecular flexibility index (Phi) is 4.15. The minimum atomic E-state index is -1.18. The van der Waals surface area contributed by atoms with Gasteiger partial charge in [0, 0.05) is 19.3 Å². The van der Waals surface area contributed by atoms with Crippen molar-refractivity contribution in [2.24, 2.45) is 5.18 Å². The second-order valence-electron chi connectivity index (χ2n) is 3.04. The fourth-order valence-corrected chi connectivity index (χ4v) is 0.970. The highest BCUT2D eigenvalue weighted by molar-refractivity contribution is 5.11. The fraction of sp³-hybridized carbons (Fsp3) is 0.444. The lowest BCUT2D eigenvalue weighted by molar-refractivity contribution is 0.179. The van der Waals surface area contributed by atoms with E-state index in [1.165, 1.54) is 0 Å². The molecule has 0 saturated heterocycles. The number of nitroso groups, excluding NO2 is 1. The van der Waals surface area contributed by atoms with Gasteiger partial charge in [-0.15, -0.1) is 4.91 Å². The summed E-state index contributed by atoms with van der Waals surface area (Å²) in [6.07, 6.45) is 0.589. The van der Waals surface area contributed by atoms with Gasteiger partial charge in [0.25, 0.3) is 0 Å². The molecule has 0 aliphatic carbocycles. The zero-order valence-corrected chi connectivity index (χ0v) is 7.97. The predicted octanol–water partition coefficient (Wildman–Crippen LogP) is 0.564. The van der Waals surface area contributed by atoms with Crippen molar-refractivity contribution >= 4 is 0 Å². The van der Waals surface area contributed by atoms with E-state index in [1.54, 1.807) is 6.20 Å². The van der Waals surface area contributed by atoms with Gasteiger partial charge >= 0.3 is 0 Å². The van der Waals surface area contributed by atoms with Crippen molar-refractivity contribution in [3.8, 4) is 0 Å². The SMILES string of the molecule is Cc1ccc(CNCC(O)N=O)nc1. The molecular formula is C9H13N3O2. The van der Waals surface area contributed by atoms with Gasteiger partial charge in [0.1, 0.15) is 0 Å². The van der Waals surface area contributed by atoms with Crippen molar-refractivity contribution in [3.05, 3.63) is 34.5 Å². The molecule has 0 bridgehead atoms. The number of hydrogen-bond acceptors (Lipinski definition) is 5. The summed E-state index contributed by atoms with van der Waals surface area (Å²) in [4.78, 5) is 14.0. The van der Waals surface area contributed by atoms with Crippen LogP contribution in [0.2, 0.25) is 0 Å². The maximum atomic E-state index is 9.84. The van der Waals surface area contributed by atoms with Gasteiger partial charge in [-0.05, 0) is 23.7 Å². The molecule has 0 aliphatic rings. The van der Waals surface area contributed by atoms with Crippen molar-refractivity contribution in [1.82, 2.24) is 10.3 Å². The number of aromatic nitrogens is 1. The summed E-state index contributed by atoms with van der Waals surface area (Å²) in [7, 11) is 0. The number of aliphatic hydroxyl groups is 1. The van der Waals surface area contributed by atoms with Crippen LogP contribution in [-0.2, 0) is 6.54 Å². The summed E-state index contributed by atoms with van der Waals surface area (Å²) in [5.41, 5.74) is 1.97. The molecule has 0 saturated carbocycles. The Labute approximate surface area is 82.1 Å². The van der Waals surface area contributed by atoms with E-state index in [-0.39, 0.29) is 6.54 Å². The zero-order chi connectivity index (χ0) is 10.4. The number of nitrogens with zero attached hydrogens (tertiary/aromatic N) is 2. The topological polar surface area (TPSA) is 74.6 Å². The van der Waals surface area contributed by atoms with E-state index < -0.39 is 6.23 Å². The van der Waals surface area contributed by atoms with Crippen LogP contribution < -0.4 is 5.32 Å². The molecule has 76 valence electrons. The lowest BCUT2D eigenvalue weighted by Crippen LogP contribution is -2.24. The summed E-state index contributed by atoms with van der Waals surface area (Å²) in [6.45, 7) is 2.64. The van der Waals surface area contributed by atoms with Crippen LogP contribution >= 0.6 is 0 Å². The minimum Gasteiger partial charge on any atom is -0.368 e. The number of aryl methyl sites for hydroxylation is 1. The highest BCUT2D eigenvalue weighted by Crippen LogP contribution is 1.97. The molecular weight excluding hydrogens is 182 g/mol. The predicted molar refractivity (Wildman–Crippen MR) is 52.5 cm³/mol. The molecule has 5 nitrogen and oxygen atoms in total. The molecule has 0 amide bonds. The Balaban J connectivity index is 2.31. The first-order chi connectivity index (χ1) is 6.72. The van der Waals surface area contributed by atoms with Gasteiger partial charge in [0.2, 0.25) is 0 Å².